The molecule has 0 atom stereocenters. The molecule has 1 aromatic rings. The van der Waals surface area contributed by atoms with Crippen LogP contribution in [-0.4, -0.2) is 16.6 Å². The van der Waals surface area contributed by atoms with Gasteiger partial charge in [-0.1, -0.05) is 13.8 Å². The number of carbonyl (C=O) groups is 1. The van der Waals surface area contributed by atoms with Crippen LogP contribution in [0.4, 0.5) is 14.5 Å². The zero-order valence-electron chi connectivity index (χ0n) is 9.76. The van der Waals surface area contributed by atoms with E-state index in [1.54, 1.807) is 13.8 Å². The van der Waals surface area contributed by atoms with Crippen molar-refractivity contribution in [1.29, 1.82) is 0 Å². The highest BCUT2D eigenvalue weighted by Gasteiger charge is 2.35. The minimum absolute atomic E-state index is 0.129. The smallest absolute Gasteiger partial charge is 0.329 e. The molecule has 1 aromatic carbocycles. The van der Waals surface area contributed by atoms with Gasteiger partial charge in [0.1, 0.15) is 17.2 Å². The Bertz CT molecular complexity index is 417. The van der Waals surface area contributed by atoms with Crippen LogP contribution in [0.15, 0.2) is 18.2 Å². The molecular formula is C12H15F2NO2. The fourth-order valence-electron chi connectivity index (χ4n) is 1.63. The average Bonchev–Trinajstić information content (AvgIpc) is 2.30. The number of benzene rings is 1. The quantitative estimate of drug-likeness (QED) is 0.835. The Balaban J connectivity index is 3.09. The van der Waals surface area contributed by atoms with Crippen LogP contribution in [0, 0.1) is 11.6 Å². The molecule has 3 nitrogen and oxygen atoms in total. The van der Waals surface area contributed by atoms with Crippen molar-refractivity contribution in [2.75, 3.05) is 5.32 Å². The average molecular weight is 243 g/mol. The van der Waals surface area contributed by atoms with E-state index in [1.807, 2.05) is 0 Å². The Kier molecular flexibility index (Phi) is 4.04. The van der Waals surface area contributed by atoms with Gasteiger partial charge >= 0.3 is 5.97 Å². The van der Waals surface area contributed by atoms with Gasteiger partial charge in [0.25, 0.3) is 0 Å². The largest absolute Gasteiger partial charge is 0.480 e. The van der Waals surface area contributed by atoms with E-state index in [-0.39, 0.29) is 18.5 Å². The summed E-state index contributed by atoms with van der Waals surface area (Å²) in [6.07, 6.45) is 0.545. The van der Waals surface area contributed by atoms with E-state index in [0.717, 1.165) is 18.2 Å². The molecule has 0 bridgehead atoms. The summed E-state index contributed by atoms with van der Waals surface area (Å²) in [5.74, 6) is -2.36. The highest BCUT2D eigenvalue weighted by atomic mass is 19.1. The molecule has 5 heteroatoms. The third-order valence-electron chi connectivity index (χ3n) is 2.92. The number of hydrogen-bond acceptors (Lipinski definition) is 2. The molecule has 17 heavy (non-hydrogen) atoms. The molecular weight excluding hydrogens is 228 g/mol. The zero-order valence-corrected chi connectivity index (χ0v) is 9.76. The predicted molar refractivity (Wildman–Crippen MR) is 60.9 cm³/mol. The summed E-state index contributed by atoms with van der Waals surface area (Å²) in [6.45, 7) is 3.36. The molecule has 0 aromatic heterocycles. The van der Waals surface area contributed by atoms with Crippen molar-refractivity contribution in [3.05, 3.63) is 29.8 Å². The summed E-state index contributed by atoms with van der Waals surface area (Å²) in [5.41, 5.74) is -1.40. The van der Waals surface area contributed by atoms with E-state index >= 15 is 0 Å². The van der Waals surface area contributed by atoms with Crippen LogP contribution < -0.4 is 5.32 Å². The standard InChI is InChI=1S/C12H15F2NO2/c1-3-12(4-2,11(16)17)15-10-7-8(13)5-6-9(10)14/h5-7,15H,3-4H2,1-2H3,(H,16,17). The van der Waals surface area contributed by atoms with Crippen molar-refractivity contribution in [3.8, 4) is 0 Å². The number of rotatable bonds is 5. The van der Waals surface area contributed by atoms with Gasteiger partial charge in [0.05, 0.1) is 5.69 Å². The van der Waals surface area contributed by atoms with E-state index in [2.05, 4.69) is 5.32 Å². The van der Waals surface area contributed by atoms with Gasteiger partial charge in [0.2, 0.25) is 0 Å². The van der Waals surface area contributed by atoms with Gasteiger partial charge in [-0.25, -0.2) is 13.6 Å². The molecule has 0 aliphatic carbocycles. The summed E-state index contributed by atoms with van der Waals surface area (Å²) >= 11 is 0. The fourth-order valence-corrected chi connectivity index (χ4v) is 1.63. The lowest BCUT2D eigenvalue weighted by Crippen LogP contribution is -2.45. The molecule has 0 unspecified atom stereocenters. The monoisotopic (exact) mass is 243 g/mol. The first-order chi connectivity index (χ1) is 7.95. The molecule has 94 valence electrons. The van der Waals surface area contributed by atoms with Gasteiger partial charge in [-0.3, -0.25) is 0 Å². The Hall–Kier alpha value is -1.65. The maximum Gasteiger partial charge on any atom is 0.329 e. The number of carboxylic acid groups (broad SMARTS) is 1. The number of aliphatic carboxylic acids is 1. The van der Waals surface area contributed by atoms with Crippen LogP contribution >= 0.6 is 0 Å². The third-order valence-corrected chi connectivity index (χ3v) is 2.92. The number of halogens is 2. The van der Waals surface area contributed by atoms with E-state index in [1.165, 1.54) is 0 Å². The van der Waals surface area contributed by atoms with Gasteiger partial charge in [-0.05, 0) is 31.0 Å². The molecule has 1 rings (SSSR count). The first-order valence-corrected chi connectivity index (χ1v) is 5.42. The van der Waals surface area contributed by atoms with Crippen molar-refractivity contribution < 1.29 is 18.7 Å². The van der Waals surface area contributed by atoms with Crippen LogP contribution in [0.3, 0.4) is 0 Å². The molecule has 0 heterocycles. The van der Waals surface area contributed by atoms with E-state index in [4.69, 9.17) is 5.11 Å². The van der Waals surface area contributed by atoms with Gasteiger partial charge < -0.3 is 10.4 Å². The molecule has 0 saturated carbocycles. The molecule has 0 amide bonds. The van der Waals surface area contributed by atoms with Crippen molar-refractivity contribution in [3.63, 3.8) is 0 Å². The van der Waals surface area contributed by atoms with Crippen LogP contribution in [0.2, 0.25) is 0 Å². The normalized spacial score (nSPS) is 11.3. The Labute approximate surface area is 98.5 Å². The summed E-state index contributed by atoms with van der Waals surface area (Å²) in [6, 6.07) is 2.91. The predicted octanol–water partition coefficient (Wildman–Crippen LogP) is 3.02. The van der Waals surface area contributed by atoms with Crippen LogP contribution in [0.5, 0.6) is 0 Å². The first-order valence-electron chi connectivity index (χ1n) is 5.42. The maximum absolute atomic E-state index is 13.4. The third kappa shape index (κ3) is 2.72. The lowest BCUT2D eigenvalue weighted by molar-refractivity contribution is -0.142. The zero-order chi connectivity index (χ0) is 13.1. The topological polar surface area (TPSA) is 49.3 Å². The minimum atomic E-state index is -1.27. The lowest BCUT2D eigenvalue weighted by Gasteiger charge is -2.29. The molecule has 0 aliphatic rings. The Morgan fingerprint density at radius 2 is 1.94 bits per heavy atom. The summed E-state index contributed by atoms with van der Waals surface area (Å²) in [4.78, 5) is 11.2. The number of hydrogen-bond donors (Lipinski definition) is 2. The van der Waals surface area contributed by atoms with E-state index in [9.17, 15) is 13.6 Å². The van der Waals surface area contributed by atoms with Gasteiger partial charge in [0, 0.05) is 0 Å². The highest BCUT2D eigenvalue weighted by molar-refractivity contribution is 5.82. The van der Waals surface area contributed by atoms with Crippen molar-refractivity contribution in [2.24, 2.45) is 0 Å². The Morgan fingerprint density at radius 1 is 1.35 bits per heavy atom. The van der Waals surface area contributed by atoms with Crippen LogP contribution in [-0.2, 0) is 4.79 Å². The van der Waals surface area contributed by atoms with Crippen molar-refractivity contribution in [1.82, 2.24) is 0 Å². The highest BCUT2D eigenvalue weighted by Crippen LogP contribution is 2.25. The first kappa shape index (κ1) is 13.4. The number of nitrogens with one attached hydrogen (secondary N) is 1. The second kappa shape index (κ2) is 5.12. The Morgan fingerprint density at radius 3 is 2.41 bits per heavy atom. The number of carboxylic acids is 1. The fraction of sp³-hybridized carbons (Fsp3) is 0.417. The second-order valence-electron chi connectivity index (χ2n) is 3.84. The molecule has 0 aliphatic heterocycles. The molecule has 0 fully saturated rings. The van der Waals surface area contributed by atoms with Gasteiger partial charge in [-0.15, -0.1) is 0 Å². The SMILES string of the molecule is CCC(CC)(Nc1cc(F)ccc1F)C(=O)O. The van der Waals surface area contributed by atoms with E-state index in [0.29, 0.717) is 0 Å². The summed E-state index contributed by atoms with van der Waals surface area (Å²) in [7, 11) is 0. The summed E-state index contributed by atoms with van der Waals surface area (Å²) in [5, 5.41) is 11.8. The van der Waals surface area contributed by atoms with Crippen LogP contribution in [0.1, 0.15) is 26.7 Å². The second-order valence-corrected chi connectivity index (χ2v) is 3.84. The maximum atomic E-state index is 13.4. The van der Waals surface area contributed by atoms with Gasteiger partial charge in [0.15, 0.2) is 0 Å². The lowest BCUT2D eigenvalue weighted by atomic mass is 9.92. The molecule has 2 N–H and O–H groups in total. The molecule has 0 spiro atoms. The van der Waals surface area contributed by atoms with Gasteiger partial charge in [-0.2, -0.15) is 0 Å². The van der Waals surface area contributed by atoms with Crippen LogP contribution in [0.25, 0.3) is 0 Å². The van der Waals surface area contributed by atoms with E-state index < -0.39 is 23.1 Å². The minimum Gasteiger partial charge on any atom is -0.480 e. The molecule has 0 saturated heterocycles. The van der Waals surface area contributed by atoms with Crippen molar-refractivity contribution >= 4 is 11.7 Å². The molecule has 0 radical (unpaired) electrons. The summed E-state index contributed by atoms with van der Waals surface area (Å²) < 4.78 is 26.4. The number of anilines is 1. The van der Waals surface area contributed by atoms with Crippen molar-refractivity contribution in [2.45, 2.75) is 32.2 Å².